The van der Waals surface area contributed by atoms with E-state index in [0.717, 1.165) is 23.6 Å². The smallest absolute Gasteiger partial charge is 0.266 e. The molecule has 0 unspecified atom stereocenters. The van der Waals surface area contributed by atoms with Gasteiger partial charge in [0.2, 0.25) is 0 Å². The summed E-state index contributed by atoms with van der Waals surface area (Å²) in [6.45, 7) is 2.74. The lowest BCUT2D eigenvalue weighted by molar-refractivity contribution is -0.0167. The van der Waals surface area contributed by atoms with Crippen LogP contribution in [0.1, 0.15) is 48.2 Å². The summed E-state index contributed by atoms with van der Waals surface area (Å²) in [6.07, 6.45) is -1.79. The summed E-state index contributed by atoms with van der Waals surface area (Å²) in [5.41, 5.74) is 1.49. The van der Waals surface area contributed by atoms with Gasteiger partial charge in [0.05, 0.1) is 17.3 Å². The quantitative estimate of drug-likeness (QED) is 0.540. The monoisotopic (exact) mass is 462 g/mol. The van der Waals surface area contributed by atoms with Gasteiger partial charge in [0.1, 0.15) is 41.9 Å². The van der Waals surface area contributed by atoms with Crippen LogP contribution in [0.5, 0.6) is 5.75 Å². The van der Waals surface area contributed by atoms with Gasteiger partial charge in [0.25, 0.3) is 6.43 Å². The number of hydrogen-bond donors (Lipinski definition) is 3. The number of aliphatic hydroxyl groups is 2. The molecule has 5 rings (SSSR count). The van der Waals surface area contributed by atoms with E-state index in [9.17, 15) is 23.4 Å². The largest absolute Gasteiger partial charge is 0.487 e. The van der Waals surface area contributed by atoms with E-state index in [-0.39, 0.29) is 30.7 Å². The number of benzene rings is 1. The van der Waals surface area contributed by atoms with Crippen LogP contribution in [-0.4, -0.2) is 49.6 Å². The van der Waals surface area contributed by atoms with Gasteiger partial charge in [-0.3, -0.25) is 0 Å². The maximum Gasteiger partial charge on any atom is 0.266 e. The average Bonchev–Trinajstić information content (AvgIpc) is 3.37. The number of halogens is 3. The van der Waals surface area contributed by atoms with Crippen LogP contribution >= 0.6 is 0 Å². The van der Waals surface area contributed by atoms with Crippen molar-refractivity contribution in [1.82, 2.24) is 19.9 Å². The molecule has 3 heterocycles. The number of alkyl halides is 2. The van der Waals surface area contributed by atoms with Crippen molar-refractivity contribution in [3.8, 4) is 5.75 Å². The van der Waals surface area contributed by atoms with E-state index < -0.39 is 42.2 Å². The average molecular weight is 462 g/mol. The van der Waals surface area contributed by atoms with Gasteiger partial charge in [-0.1, -0.05) is 6.92 Å². The third-order valence-electron chi connectivity index (χ3n) is 6.72. The highest BCUT2D eigenvalue weighted by molar-refractivity contribution is 5.78. The Balaban J connectivity index is 1.47. The second-order valence-corrected chi connectivity index (χ2v) is 8.54. The lowest BCUT2D eigenvalue weighted by Gasteiger charge is -2.26. The van der Waals surface area contributed by atoms with Crippen LogP contribution in [0.2, 0.25) is 0 Å². The first-order valence-corrected chi connectivity index (χ1v) is 11.1. The fraction of sp³-hybridized carbons (Fsp3) is 0.478. The predicted molar refractivity (Wildman–Crippen MR) is 114 cm³/mol. The number of nitrogens with one attached hydrogen (secondary N) is 1. The molecule has 10 heteroatoms. The summed E-state index contributed by atoms with van der Waals surface area (Å²) in [4.78, 5) is 8.63. The second-order valence-electron chi connectivity index (χ2n) is 8.54. The van der Waals surface area contributed by atoms with Gasteiger partial charge < -0.3 is 24.8 Å². The van der Waals surface area contributed by atoms with Crippen molar-refractivity contribution in [3.05, 3.63) is 52.9 Å². The van der Waals surface area contributed by atoms with Crippen LogP contribution < -0.4 is 10.1 Å². The molecule has 1 aliphatic heterocycles. The van der Waals surface area contributed by atoms with Crippen LogP contribution in [0.25, 0.3) is 11.0 Å². The molecule has 1 aliphatic carbocycles. The Morgan fingerprint density at radius 3 is 2.82 bits per heavy atom. The van der Waals surface area contributed by atoms with Crippen LogP contribution in [-0.2, 0) is 19.4 Å². The highest BCUT2D eigenvalue weighted by Gasteiger charge is 2.45. The van der Waals surface area contributed by atoms with Crippen molar-refractivity contribution in [2.45, 2.75) is 63.5 Å². The fourth-order valence-electron chi connectivity index (χ4n) is 4.99. The molecule has 7 nitrogen and oxygen atoms in total. The molecule has 1 saturated carbocycles. The number of nitrogens with zero attached hydrogens (tertiary/aromatic N) is 3. The minimum Gasteiger partial charge on any atom is -0.487 e. The van der Waals surface area contributed by atoms with Gasteiger partial charge in [-0.2, -0.15) is 0 Å². The Morgan fingerprint density at radius 2 is 2.06 bits per heavy atom. The van der Waals surface area contributed by atoms with E-state index in [1.165, 1.54) is 6.33 Å². The Kier molecular flexibility index (Phi) is 5.75. The van der Waals surface area contributed by atoms with Gasteiger partial charge in [-0.25, -0.2) is 23.1 Å². The number of aliphatic hydroxyl groups excluding tert-OH is 2. The van der Waals surface area contributed by atoms with Gasteiger partial charge in [0.15, 0.2) is 0 Å². The van der Waals surface area contributed by atoms with Crippen LogP contribution in [0.3, 0.4) is 0 Å². The first-order valence-electron chi connectivity index (χ1n) is 11.1. The van der Waals surface area contributed by atoms with Crippen molar-refractivity contribution >= 4 is 11.0 Å². The number of aromatic nitrogens is 3. The Morgan fingerprint density at radius 1 is 1.24 bits per heavy atom. The zero-order valence-electron chi connectivity index (χ0n) is 18.0. The third-order valence-corrected chi connectivity index (χ3v) is 6.72. The number of aryl methyl sites for hydroxylation is 1. The van der Waals surface area contributed by atoms with E-state index in [4.69, 9.17) is 4.74 Å². The van der Waals surface area contributed by atoms with Crippen molar-refractivity contribution in [1.29, 1.82) is 0 Å². The van der Waals surface area contributed by atoms with Crippen LogP contribution in [0.15, 0.2) is 24.7 Å². The minimum absolute atomic E-state index is 0.110. The van der Waals surface area contributed by atoms with Crippen LogP contribution in [0, 0.1) is 5.82 Å². The Labute approximate surface area is 188 Å². The molecule has 0 spiro atoms. The summed E-state index contributed by atoms with van der Waals surface area (Å²) in [5.74, 6) is -0.789. The summed E-state index contributed by atoms with van der Waals surface area (Å²) < 4.78 is 49.4. The van der Waals surface area contributed by atoms with E-state index in [1.807, 2.05) is 13.0 Å². The maximum atomic E-state index is 14.6. The number of fused-ring (bicyclic) bond motifs is 2. The lowest BCUT2D eigenvalue weighted by Crippen LogP contribution is -2.35. The molecule has 0 saturated heterocycles. The second kappa shape index (κ2) is 8.58. The summed E-state index contributed by atoms with van der Waals surface area (Å²) in [5, 5.41) is 25.5. The first kappa shape index (κ1) is 22.1. The lowest BCUT2D eigenvalue weighted by atomic mass is 9.96. The molecule has 1 aromatic carbocycles. The standard InChI is InChI=1S/C23H25F3N4O3/c1-2-15-12-4-6-30(23(12)29-10-28-15)16-8-18(21(32)20(16)31)33-17-7-13(22(25)26)19(24)11-3-5-27-9-14(11)17/h4,6-7,10,16,18,20-22,27,31-32H,2-3,5,8-9H2,1H3/t16-,18+,20+,21-/m1/s1. The SMILES string of the molecule is CCc1ncnc2c1ccn2[C@@H]1C[C@H](Oc2cc(C(F)F)c(F)c3c2CNCC3)[C@@H](O)[C@H]1O. The Hall–Kier alpha value is -2.69. The maximum absolute atomic E-state index is 14.6. The molecular formula is C23H25F3N4O3. The van der Waals surface area contributed by atoms with E-state index in [2.05, 4.69) is 15.3 Å². The van der Waals surface area contributed by atoms with Gasteiger partial charge in [-0.05, 0) is 37.1 Å². The summed E-state index contributed by atoms with van der Waals surface area (Å²) in [6, 6.07) is 2.36. The van der Waals surface area contributed by atoms with Gasteiger partial charge >= 0.3 is 0 Å². The zero-order chi connectivity index (χ0) is 23.3. The van der Waals surface area contributed by atoms with E-state index in [0.29, 0.717) is 17.8 Å². The molecule has 0 radical (unpaired) electrons. The summed E-state index contributed by atoms with van der Waals surface area (Å²) in [7, 11) is 0. The fourth-order valence-corrected chi connectivity index (χ4v) is 4.99. The number of ether oxygens (including phenoxy) is 1. The van der Waals surface area contributed by atoms with Gasteiger partial charge in [0, 0.05) is 30.1 Å². The highest BCUT2D eigenvalue weighted by atomic mass is 19.3. The highest BCUT2D eigenvalue weighted by Crippen LogP contribution is 2.40. The molecule has 176 valence electrons. The van der Waals surface area contributed by atoms with Crippen molar-refractivity contribution in [3.63, 3.8) is 0 Å². The normalized spacial score (nSPS) is 25.1. The third kappa shape index (κ3) is 3.66. The molecule has 4 atom stereocenters. The predicted octanol–water partition coefficient (Wildman–Crippen LogP) is 2.83. The minimum atomic E-state index is -2.99. The molecule has 0 amide bonds. The molecule has 0 bridgehead atoms. The molecular weight excluding hydrogens is 437 g/mol. The van der Waals surface area contributed by atoms with Crippen molar-refractivity contribution in [2.24, 2.45) is 0 Å². The zero-order valence-corrected chi connectivity index (χ0v) is 18.0. The molecule has 3 N–H and O–H groups in total. The van der Waals surface area contributed by atoms with Gasteiger partial charge in [-0.15, -0.1) is 0 Å². The van der Waals surface area contributed by atoms with Crippen molar-refractivity contribution in [2.75, 3.05) is 6.54 Å². The van der Waals surface area contributed by atoms with E-state index >= 15 is 0 Å². The van der Waals surface area contributed by atoms with E-state index in [1.54, 1.807) is 10.8 Å². The molecule has 33 heavy (non-hydrogen) atoms. The number of hydrogen-bond acceptors (Lipinski definition) is 6. The topological polar surface area (TPSA) is 92.4 Å². The molecule has 2 aromatic heterocycles. The molecule has 3 aromatic rings. The van der Waals surface area contributed by atoms with Crippen molar-refractivity contribution < 1.29 is 28.1 Å². The summed E-state index contributed by atoms with van der Waals surface area (Å²) >= 11 is 0. The molecule has 1 fully saturated rings. The first-order chi connectivity index (χ1) is 15.9. The number of rotatable bonds is 5. The Bertz CT molecular complexity index is 1190. The van der Waals surface area contributed by atoms with Crippen LogP contribution in [0.4, 0.5) is 13.2 Å². The molecule has 2 aliphatic rings.